The topological polar surface area (TPSA) is 42.0 Å². The van der Waals surface area contributed by atoms with Gasteiger partial charge in [-0.2, -0.15) is 0 Å². The van der Waals surface area contributed by atoms with Gasteiger partial charge in [0.25, 0.3) is 5.91 Å². The molecule has 1 amide bonds. The molecule has 3 nitrogen and oxygen atoms in total. The molecule has 0 atom stereocenters. The molecule has 0 aliphatic heterocycles. The lowest BCUT2D eigenvalue weighted by Crippen LogP contribution is -2.25. The van der Waals surface area contributed by atoms with Gasteiger partial charge in [-0.15, -0.1) is 11.3 Å². The van der Waals surface area contributed by atoms with Crippen LogP contribution >= 0.6 is 38.9 Å². The fourth-order valence-corrected chi connectivity index (χ4v) is 2.91. The second kappa shape index (κ2) is 6.31. The van der Waals surface area contributed by atoms with Crippen LogP contribution in [0, 0.1) is 0 Å². The van der Waals surface area contributed by atoms with E-state index in [1.165, 1.54) is 0 Å². The van der Waals surface area contributed by atoms with Crippen LogP contribution in [-0.4, -0.2) is 17.4 Å². The summed E-state index contributed by atoms with van der Waals surface area (Å²) in [6.45, 7) is 0.571. The molecular formula is C12H10BrClN2OS. The summed E-state index contributed by atoms with van der Waals surface area (Å²) >= 11 is 10.7. The van der Waals surface area contributed by atoms with Crippen molar-refractivity contribution in [1.29, 1.82) is 0 Å². The third kappa shape index (κ3) is 3.54. The van der Waals surface area contributed by atoms with Crippen LogP contribution < -0.4 is 5.32 Å². The zero-order chi connectivity index (χ0) is 13.0. The zero-order valence-corrected chi connectivity index (χ0v) is 12.5. The minimum atomic E-state index is -0.116. The molecule has 1 heterocycles. The highest BCUT2D eigenvalue weighted by molar-refractivity contribution is 9.10. The summed E-state index contributed by atoms with van der Waals surface area (Å²) in [7, 11) is 0. The number of hydrogen-bond acceptors (Lipinski definition) is 3. The molecule has 6 heteroatoms. The lowest BCUT2D eigenvalue weighted by Gasteiger charge is -2.06. The van der Waals surface area contributed by atoms with Crippen molar-refractivity contribution in [3.05, 3.63) is 49.8 Å². The Labute approximate surface area is 122 Å². The van der Waals surface area contributed by atoms with Gasteiger partial charge in [0, 0.05) is 34.0 Å². The number of rotatable bonds is 4. The fourth-order valence-electron chi connectivity index (χ4n) is 1.43. The lowest BCUT2D eigenvalue weighted by molar-refractivity contribution is 0.0953. The Morgan fingerprint density at radius 2 is 2.33 bits per heavy atom. The maximum atomic E-state index is 11.9. The van der Waals surface area contributed by atoms with E-state index in [1.807, 2.05) is 5.38 Å². The van der Waals surface area contributed by atoms with E-state index in [9.17, 15) is 4.79 Å². The van der Waals surface area contributed by atoms with Crippen molar-refractivity contribution < 1.29 is 4.79 Å². The van der Waals surface area contributed by atoms with Crippen LogP contribution in [0.1, 0.15) is 15.4 Å². The number of hydrogen-bond donors (Lipinski definition) is 1. The average Bonchev–Trinajstić information content (AvgIpc) is 2.81. The van der Waals surface area contributed by atoms with Gasteiger partial charge in [-0.1, -0.05) is 11.6 Å². The molecule has 0 bridgehead atoms. The largest absolute Gasteiger partial charge is 0.352 e. The molecule has 94 valence electrons. The highest BCUT2D eigenvalue weighted by Crippen LogP contribution is 2.21. The van der Waals surface area contributed by atoms with Crippen LogP contribution in [0.4, 0.5) is 0 Å². The molecule has 18 heavy (non-hydrogen) atoms. The van der Waals surface area contributed by atoms with E-state index in [0.29, 0.717) is 21.6 Å². The molecule has 0 radical (unpaired) electrons. The predicted molar refractivity (Wildman–Crippen MR) is 77.3 cm³/mol. The molecule has 2 aromatic rings. The summed E-state index contributed by atoms with van der Waals surface area (Å²) in [6.07, 6.45) is 2.51. The Morgan fingerprint density at radius 3 is 3.00 bits per heavy atom. The van der Waals surface area contributed by atoms with Gasteiger partial charge < -0.3 is 5.32 Å². The monoisotopic (exact) mass is 344 g/mol. The summed E-state index contributed by atoms with van der Waals surface area (Å²) in [5, 5.41) is 6.39. The average molecular weight is 346 g/mol. The van der Waals surface area contributed by atoms with Gasteiger partial charge >= 0.3 is 0 Å². The first-order chi connectivity index (χ1) is 8.66. The second-order valence-electron chi connectivity index (χ2n) is 3.56. The molecule has 1 N–H and O–H groups in total. The highest BCUT2D eigenvalue weighted by Gasteiger charge is 2.09. The van der Waals surface area contributed by atoms with Gasteiger partial charge in [0.05, 0.1) is 10.6 Å². The standard InChI is InChI=1S/C12H10BrClN2OS/c13-10-7-8(14)1-2-9(10)12(17)16-4-3-11-15-5-6-18-11/h1-2,5-7H,3-4H2,(H,16,17). The first kappa shape index (κ1) is 13.5. The minimum absolute atomic E-state index is 0.116. The Kier molecular flexibility index (Phi) is 4.74. The molecule has 0 spiro atoms. The van der Waals surface area contributed by atoms with Crippen LogP contribution in [0.3, 0.4) is 0 Å². The maximum Gasteiger partial charge on any atom is 0.252 e. The van der Waals surface area contributed by atoms with Gasteiger partial charge in [0.1, 0.15) is 0 Å². The van der Waals surface area contributed by atoms with Crippen molar-refractivity contribution in [3.8, 4) is 0 Å². The van der Waals surface area contributed by atoms with Gasteiger partial charge in [0.15, 0.2) is 0 Å². The van der Waals surface area contributed by atoms with Crippen LogP contribution in [-0.2, 0) is 6.42 Å². The van der Waals surface area contributed by atoms with E-state index in [2.05, 4.69) is 26.2 Å². The quantitative estimate of drug-likeness (QED) is 0.921. The van der Waals surface area contributed by atoms with Crippen molar-refractivity contribution in [2.45, 2.75) is 6.42 Å². The van der Waals surface area contributed by atoms with Gasteiger partial charge in [-0.25, -0.2) is 4.98 Å². The van der Waals surface area contributed by atoms with Crippen molar-refractivity contribution in [1.82, 2.24) is 10.3 Å². The minimum Gasteiger partial charge on any atom is -0.352 e. The molecule has 0 aliphatic rings. The third-order valence-electron chi connectivity index (χ3n) is 2.28. The van der Waals surface area contributed by atoms with E-state index in [4.69, 9.17) is 11.6 Å². The normalized spacial score (nSPS) is 10.3. The highest BCUT2D eigenvalue weighted by atomic mass is 79.9. The van der Waals surface area contributed by atoms with E-state index >= 15 is 0 Å². The van der Waals surface area contributed by atoms with Crippen molar-refractivity contribution >= 4 is 44.8 Å². The Hall–Kier alpha value is -0.910. The summed E-state index contributed by atoms with van der Waals surface area (Å²) in [6, 6.07) is 5.10. The smallest absolute Gasteiger partial charge is 0.252 e. The summed E-state index contributed by atoms with van der Waals surface area (Å²) < 4.78 is 0.696. The molecular weight excluding hydrogens is 336 g/mol. The fraction of sp³-hybridized carbons (Fsp3) is 0.167. The Balaban J connectivity index is 1.91. The molecule has 0 saturated heterocycles. The second-order valence-corrected chi connectivity index (χ2v) is 5.83. The Bertz CT molecular complexity index is 545. The number of thiazole rings is 1. The number of amides is 1. The maximum absolute atomic E-state index is 11.9. The van der Waals surface area contributed by atoms with Crippen molar-refractivity contribution in [3.63, 3.8) is 0 Å². The molecule has 0 unspecified atom stereocenters. The van der Waals surface area contributed by atoms with Gasteiger partial charge in [-0.05, 0) is 34.1 Å². The summed E-state index contributed by atoms with van der Waals surface area (Å²) in [5.74, 6) is -0.116. The van der Waals surface area contributed by atoms with Gasteiger partial charge in [-0.3, -0.25) is 4.79 Å². The summed E-state index contributed by atoms with van der Waals surface area (Å²) in [5.41, 5.74) is 0.582. The van der Waals surface area contributed by atoms with Gasteiger partial charge in [0.2, 0.25) is 0 Å². The number of halogens is 2. The molecule has 0 fully saturated rings. The van der Waals surface area contributed by atoms with E-state index in [0.717, 1.165) is 11.4 Å². The molecule has 1 aromatic carbocycles. The lowest BCUT2D eigenvalue weighted by atomic mass is 10.2. The molecule has 0 saturated carbocycles. The summed E-state index contributed by atoms with van der Waals surface area (Å²) in [4.78, 5) is 16.1. The number of carbonyl (C=O) groups excluding carboxylic acids is 1. The first-order valence-corrected chi connectivity index (χ1v) is 7.33. The number of benzene rings is 1. The van der Waals surface area contributed by atoms with Crippen molar-refractivity contribution in [2.24, 2.45) is 0 Å². The molecule has 1 aromatic heterocycles. The number of aromatic nitrogens is 1. The molecule has 2 rings (SSSR count). The van der Waals surface area contributed by atoms with Crippen LogP contribution in [0.2, 0.25) is 5.02 Å². The van der Waals surface area contributed by atoms with Crippen LogP contribution in [0.25, 0.3) is 0 Å². The number of carbonyl (C=O) groups is 1. The SMILES string of the molecule is O=C(NCCc1nccs1)c1ccc(Cl)cc1Br. The van der Waals surface area contributed by atoms with Crippen LogP contribution in [0.15, 0.2) is 34.2 Å². The third-order valence-corrected chi connectivity index (χ3v) is 4.01. The van der Waals surface area contributed by atoms with Crippen molar-refractivity contribution in [2.75, 3.05) is 6.54 Å². The number of nitrogens with zero attached hydrogens (tertiary/aromatic N) is 1. The zero-order valence-electron chi connectivity index (χ0n) is 9.32. The van der Waals surface area contributed by atoms with E-state index < -0.39 is 0 Å². The predicted octanol–water partition coefficient (Wildman–Crippen LogP) is 3.53. The first-order valence-electron chi connectivity index (χ1n) is 5.28. The molecule has 0 aliphatic carbocycles. The Morgan fingerprint density at radius 1 is 1.50 bits per heavy atom. The van der Waals surface area contributed by atoms with Crippen LogP contribution in [0.5, 0.6) is 0 Å². The number of nitrogens with one attached hydrogen (secondary N) is 1. The van der Waals surface area contributed by atoms with E-state index in [1.54, 1.807) is 35.7 Å². The van der Waals surface area contributed by atoms with E-state index in [-0.39, 0.29) is 5.91 Å².